The van der Waals surface area contributed by atoms with Crippen molar-refractivity contribution in [2.75, 3.05) is 14.2 Å². The number of rotatable bonds is 4. The van der Waals surface area contributed by atoms with E-state index < -0.39 is 23.8 Å². The zero-order chi connectivity index (χ0) is 14.7. The summed E-state index contributed by atoms with van der Waals surface area (Å²) in [6.45, 7) is 0. The Hall–Kier alpha value is -2.57. The van der Waals surface area contributed by atoms with E-state index in [0.717, 1.165) is 0 Å². The topological polar surface area (TPSA) is 93.7 Å². The van der Waals surface area contributed by atoms with Gasteiger partial charge in [-0.15, -0.1) is 0 Å². The summed E-state index contributed by atoms with van der Waals surface area (Å²) < 4.78 is 10.2. The van der Waals surface area contributed by atoms with Crippen LogP contribution >= 0.6 is 0 Å². The third-order valence-electron chi connectivity index (χ3n) is 2.93. The second-order valence-electron chi connectivity index (χ2n) is 4.18. The van der Waals surface area contributed by atoms with Gasteiger partial charge in [0.15, 0.2) is 0 Å². The Morgan fingerprint density at radius 2 is 1.85 bits per heavy atom. The number of benzene rings is 1. The molecule has 1 heterocycles. The highest BCUT2D eigenvalue weighted by Gasteiger charge is 2.33. The van der Waals surface area contributed by atoms with E-state index >= 15 is 0 Å². The molecule has 1 atom stereocenters. The van der Waals surface area contributed by atoms with Crippen molar-refractivity contribution >= 4 is 17.7 Å². The molecule has 2 rings (SSSR count). The minimum Gasteiger partial charge on any atom is -0.496 e. The molecule has 20 heavy (non-hydrogen) atoms. The summed E-state index contributed by atoms with van der Waals surface area (Å²) in [7, 11) is 2.86. The van der Waals surface area contributed by atoms with E-state index in [1.54, 1.807) is 18.2 Å². The Kier molecular flexibility index (Phi) is 3.88. The highest BCUT2D eigenvalue weighted by molar-refractivity contribution is 6.09. The average Bonchev–Trinajstić information content (AvgIpc) is 2.75. The Morgan fingerprint density at radius 1 is 1.25 bits per heavy atom. The quantitative estimate of drug-likeness (QED) is 0.747. The maximum absolute atomic E-state index is 12.2. The van der Waals surface area contributed by atoms with Crippen molar-refractivity contribution < 1.29 is 23.9 Å². The van der Waals surface area contributed by atoms with Gasteiger partial charge in [0.25, 0.3) is 5.91 Å². The summed E-state index contributed by atoms with van der Waals surface area (Å²) in [5.74, 6) is -0.809. The predicted molar refractivity (Wildman–Crippen MR) is 68.6 cm³/mol. The van der Waals surface area contributed by atoms with Crippen LogP contribution in [0.25, 0.3) is 0 Å². The fourth-order valence-electron chi connectivity index (χ4n) is 1.98. The van der Waals surface area contributed by atoms with E-state index in [9.17, 15) is 14.4 Å². The molecule has 0 aromatic heterocycles. The van der Waals surface area contributed by atoms with E-state index in [2.05, 4.69) is 10.6 Å². The first-order valence-corrected chi connectivity index (χ1v) is 5.92. The highest BCUT2D eigenvalue weighted by atomic mass is 16.5. The minimum absolute atomic E-state index is 0.0674. The lowest BCUT2D eigenvalue weighted by atomic mass is 10.1. The highest BCUT2D eigenvalue weighted by Crippen LogP contribution is 2.28. The molecule has 1 aliphatic heterocycles. The third-order valence-corrected chi connectivity index (χ3v) is 2.93. The van der Waals surface area contributed by atoms with E-state index in [1.807, 2.05) is 0 Å². The van der Waals surface area contributed by atoms with Crippen LogP contribution in [-0.2, 0) is 9.59 Å². The van der Waals surface area contributed by atoms with Crippen molar-refractivity contribution in [1.82, 2.24) is 10.6 Å². The summed E-state index contributed by atoms with van der Waals surface area (Å²) in [6, 6.07) is 4.03. The Labute approximate surface area is 115 Å². The van der Waals surface area contributed by atoms with Crippen LogP contribution < -0.4 is 20.1 Å². The molecule has 0 bridgehead atoms. The number of hydrogen-bond donors (Lipinski definition) is 2. The normalized spacial score (nSPS) is 17.6. The number of hydrogen-bond acceptors (Lipinski definition) is 5. The Bertz CT molecular complexity index is 548. The number of carbonyl (C=O) groups excluding carboxylic acids is 3. The number of methoxy groups -OCH3 is 2. The van der Waals surface area contributed by atoms with Crippen LogP contribution in [0.1, 0.15) is 16.8 Å². The molecular formula is C13H14N2O5. The second-order valence-corrected chi connectivity index (χ2v) is 4.18. The molecule has 1 aliphatic rings. The zero-order valence-electron chi connectivity index (χ0n) is 11.1. The van der Waals surface area contributed by atoms with Gasteiger partial charge in [0.1, 0.15) is 23.1 Å². The molecule has 1 aromatic carbocycles. The molecule has 3 amide bonds. The molecule has 0 radical (unpaired) electrons. The number of carbonyl (C=O) groups is 3. The maximum atomic E-state index is 12.2. The van der Waals surface area contributed by atoms with Crippen molar-refractivity contribution in [3.05, 3.63) is 23.8 Å². The van der Waals surface area contributed by atoms with Gasteiger partial charge in [-0.05, 0) is 12.1 Å². The molecule has 1 saturated heterocycles. The molecule has 0 aliphatic carbocycles. The molecular weight excluding hydrogens is 264 g/mol. The molecule has 1 fully saturated rings. The smallest absolute Gasteiger partial charge is 0.259 e. The van der Waals surface area contributed by atoms with Crippen molar-refractivity contribution in [1.29, 1.82) is 0 Å². The first-order chi connectivity index (χ1) is 9.56. The minimum atomic E-state index is -0.871. The SMILES string of the molecule is COc1cccc(OC)c1C(=O)NC1CC(=O)NC1=O. The fraction of sp³-hybridized carbons (Fsp3) is 0.308. The molecule has 0 spiro atoms. The van der Waals surface area contributed by atoms with Crippen molar-refractivity contribution in [3.63, 3.8) is 0 Å². The summed E-state index contributed by atoms with van der Waals surface area (Å²) in [5, 5.41) is 4.62. The first-order valence-electron chi connectivity index (χ1n) is 5.92. The predicted octanol–water partition coefficient (Wildman–Crippen LogP) is -0.151. The zero-order valence-corrected chi connectivity index (χ0v) is 11.1. The summed E-state index contributed by atoms with van der Waals surface area (Å²) >= 11 is 0. The standard InChI is InChI=1S/C13H14N2O5/c1-19-8-4-3-5-9(20-2)11(8)13(18)14-7-6-10(16)15-12(7)17/h3-5,7H,6H2,1-2H3,(H,14,18)(H,15,16,17). The van der Waals surface area contributed by atoms with Crippen molar-refractivity contribution in [3.8, 4) is 11.5 Å². The maximum Gasteiger partial charge on any atom is 0.259 e. The number of amides is 3. The second kappa shape index (κ2) is 5.60. The van der Waals surface area contributed by atoms with Gasteiger partial charge >= 0.3 is 0 Å². The summed E-state index contributed by atoms with van der Waals surface area (Å²) in [5.41, 5.74) is 0.185. The van der Waals surface area contributed by atoms with Crippen LogP contribution in [0.5, 0.6) is 11.5 Å². The van der Waals surface area contributed by atoms with Crippen LogP contribution in [0.3, 0.4) is 0 Å². The van der Waals surface area contributed by atoms with E-state index in [-0.39, 0.29) is 12.0 Å². The van der Waals surface area contributed by atoms with Gasteiger partial charge in [0.05, 0.1) is 20.6 Å². The molecule has 1 aromatic rings. The van der Waals surface area contributed by atoms with Gasteiger partial charge in [-0.3, -0.25) is 19.7 Å². The van der Waals surface area contributed by atoms with Gasteiger partial charge in [-0.1, -0.05) is 6.07 Å². The lowest BCUT2D eigenvalue weighted by molar-refractivity contribution is -0.125. The van der Waals surface area contributed by atoms with Crippen LogP contribution in [0, 0.1) is 0 Å². The van der Waals surface area contributed by atoms with Gasteiger partial charge in [-0.2, -0.15) is 0 Å². The van der Waals surface area contributed by atoms with Gasteiger partial charge in [-0.25, -0.2) is 0 Å². The first kappa shape index (κ1) is 13.9. The number of imide groups is 1. The van der Waals surface area contributed by atoms with Gasteiger partial charge in [0, 0.05) is 0 Å². The largest absolute Gasteiger partial charge is 0.496 e. The lowest BCUT2D eigenvalue weighted by Gasteiger charge is -2.14. The average molecular weight is 278 g/mol. The van der Waals surface area contributed by atoms with Crippen LogP contribution in [0.2, 0.25) is 0 Å². The Morgan fingerprint density at radius 3 is 2.30 bits per heavy atom. The van der Waals surface area contributed by atoms with Crippen LogP contribution in [0.4, 0.5) is 0 Å². The van der Waals surface area contributed by atoms with Gasteiger partial charge < -0.3 is 14.8 Å². The van der Waals surface area contributed by atoms with Crippen molar-refractivity contribution in [2.24, 2.45) is 0 Å². The summed E-state index contributed by atoms with van der Waals surface area (Å²) in [6.07, 6.45) is -0.0674. The monoisotopic (exact) mass is 278 g/mol. The molecule has 7 heteroatoms. The molecule has 0 saturated carbocycles. The molecule has 106 valence electrons. The third kappa shape index (κ3) is 2.56. The van der Waals surface area contributed by atoms with E-state index in [1.165, 1.54) is 14.2 Å². The molecule has 7 nitrogen and oxygen atoms in total. The van der Waals surface area contributed by atoms with Gasteiger partial charge in [0.2, 0.25) is 11.8 Å². The lowest BCUT2D eigenvalue weighted by Crippen LogP contribution is -2.40. The summed E-state index contributed by atoms with van der Waals surface area (Å²) in [4.78, 5) is 34.8. The van der Waals surface area contributed by atoms with Crippen LogP contribution in [-0.4, -0.2) is 38.0 Å². The molecule has 2 N–H and O–H groups in total. The Balaban J connectivity index is 2.25. The molecule has 1 unspecified atom stereocenters. The van der Waals surface area contributed by atoms with E-state index in [0.29, 0.717) is 11.5 Å². The van der Waals surface area contributed by atoms with Crippen molar-refractivity contribution in [2.45, 2.75) is 12.5 Å². The fourth-order valence-corrected chi connectivity index (χ4v) is 1.98. The number of ether oxygens (including phenoxy) is 2. The van der Waals surface area contributed by atoms with Crippen LogP contribution in [0.15, 0.2) is 18.2 Å². The number of nitrogens with one attached hydrogen (secondary N) is 2. The van der Waals surface area contributed by atoms with E-state index in [4.69, 9.17) is 9.47 Å².